The van der Waals surface area contributed by atoms with Crippen LogP contribution in [-0.2, 0) is 0 Å². The molecule has 0 radical (unpaired) electrons. The van der Waals surface area contributed by atoms with Crippen molar-refractivity contribution in [1.82, 2.24) is 15.3 Å². The molecule has 94 valence electrons. The molecule has 0 aliphatic rings. The van der Waals surface area contributed by atoms with Crippen LogP contribution in [0.1, 0.15) is 31.3 Å². The summed E-state index contributed by atoms with van der Waals surface area (Å²) in [5.41, 5.74) is 5.00. The first-order chi connectivity index (χ1) is 7.89. The van der Waals surface area contributed by atoms with Crippen LogP contribution in [0.3, 0.4) is 0 Å². The molecule has 0 spiro atoms. The molecule has 1 aromatic rings. The number of aromatic nitrogens is 2. The van der Waals surface area contributed by atoms with Crippen LogP contribution in [0.15, 0.2) is 17.2 Å². The molecule has 17 heavy (non-hydrogen) atoms. The quantitative estimate of drug-likeness (QED) is 0.680. The molecule has 1 amide bonds. The summed E-state index contributed by atoms with van der Waals surface area (Å²) in [7, 11) is 0. The fraction of sp³-hybridized carbons (Fsp3) is 0.545. The lowest BCUT2D eigenvalue weighted by Crippen LogP contribution is -2.55. The maximum atomic E-state index is 11.9. The third-order valence-corrected chi connectivity index (χ3v) is 3.00. The highest BCUT2D eigenvalue weighted by atomic mass is 16.2. The van der Waals surface area contributed by atoms with Crippen LogP contribution in [0.4, 0.5) is 0 Å². The monoisotopic (exact) mass is 238 g/mol. The minimum atomic E-state index is -0.491. The van der Waals surface area contributed by atoms with E-state index in [0.29, 0.717) is 6.54 Å². The zero-order valence-electron chi connectivity index (χ0n) is 10.3. The number of amides is 1. The van der Waals surface area contributed by atoms with Crippen LogP contribution in [0.5, 0.6) is 0 Å². The summed E-state index contributed by atoms with van der Waals surface area (Å²) in [6.07, 6.45) is 2.36. The van der Waals surface area contributed by atoms with Gasteiger partial charge in [0.2, 0.25) is 0 Å². The third kappa shape index (κ3) is 3.13. The van der Waals surface area contributed by atoms with Crippen molar-refractivity contribution in [3.63, 3.8) is 0 Å². The van der Waals surface area contributed by atoms with Gasteiger partial charge in [-0.3, -0.25) is 9.59 Å². The van der Waals surface area contributed by atoms with E-state index in [9.17, 15) is 9.59 Å². The van der Waals surface area contributed by atoms with Crippen molar-refractivity contribution in [2.24, 2.45) is 11.7 Å². The van der Waals surface area contributed by atoms with Crippen LogP contribution in [-0.4, -0.2) is 28.0 Å². The predicted molar refractivity (Wildman–Crippen MR) is 64.6 cm³/mol. The van der Waals surface area contributed by atoms with Crippen molar-refractivity contribution < 1.29 is 4.79 Å². The van der Waals surface area contributed by atoms with Crippen LogP contribution < -0.4 is 16.6 Å². The minimum absolute atomic E-state index is 0.171. The Bertz CT molecular complexity index is 435. The second-order valence-electron chi connectivity index (χ2n) is 4.53. The van der Waals surface area contributed by atoms with E-state index in [4.69, 9.17) is 5.73 Å². The highest BCUT2D eigenvalue weighted by molar-refractivity contribution is 5.92. The van der Waals surface area contributed by atoms with Crippen molar-refractivity contribution in [3.05, 3.63) is 28.4 Å². The average molecular weight is 238 g/mol. The van der Waals surface area contributed by atoms with E-state index in [-0.39, 0.29) is 23.1 Å². The summed E-state index contributed by atoms with van der Waals surface area (Å²) in [5, 5.41) is 2.83. The van der Waals surface area contributed by atoms with Gasteiger partial charge in [-0.2, -0.15) is 0 Å². The van der Waals surface area contributed by atoms with Gasteiger partial charge in [-0.25, -0.2) is 4.98 Å². The Balaban J connectivity index is 2.85. The Morgan fingerprint density at radius 2 is 2.29 bits per heavy atom. The lowest BCUT2D eigenvalue weighted by atomic mass is 9.88. The Labute approximate surface area is 99.6 Å². The second kappa shape index (κ2) is 5.09. The SMILES string of the molecule is CC(C)C(C)(CN)NC(=O)c1c[nH]c(=O)cn1. The molecular formula is C11H18N4O2. The Morgan fingerprint density at radius 1 is 1.65 bits per heavy atom. The largest absolute Gasteiger partial charge is 0.344 e. The molecular weight excluding hydrogens is 220 g/mol. The molecule has 0 aromatic carbocycles. The molecule has 0 fully saturated rings. The van der Waals surface area contributed by atoms with E-state index in [1.165, 1.54) is 6.20 Å². The second-order valence-corrected chi connectivity index (χ2v) is 4.53. The van der Waals surface area contributed by atoms with Gasteiger partial charge >= 0.3 is 0 Å². The summed E-state index contributed by atoms with van der Waals surface area (Å²) in [5.74, 6) is -0.151. The standard InChI is InChI=1S/C11H18N4O2/c1-7(2)11(3,6-12)15-10(17)8-4-14-9(16)5-13-8/h4-5,7H,6,12H2,1-3H3,(H,14,16)(H,15,17). The number of carbonyl (C=O) groups is 1. The Kier molecular flexibility index (Phi) is 4.01. The smallest absolute Gasteiger partial charge is 0.271 e. The van der Waals surface area contributed by atoms with Gasteiger partial charge in [-0.05, 0) is 12.8 Å². The van der Waals surface area contributed by atoms with Gasteiger partial charge in [0.05, 0.1) is 11.7 Å². The first-order valence-electron chi connectivity index (χ1n) is 5.46. The molecule has 6 heteroatoms. The number of nitrogens with one attached hydrogen (secondary N) is 2. The van der Waals surface area contributed by atoms with E-state index < -0.39 is 5.54 Å². The lowest BCUT2D eigenvalue weighted by molar-refractivity contribution is 0.0877. The van der Waals surface area contributed by atoms with Crippen LogP contribution in [0.25, 0.3) is 0 Å². The molecule has 4 N–H and O–H groups in total. The molecule has 0 aliphatic heterocycles. The summed E-state index contributed by atoms with van der Waals surface area (Å²) in [6, 6.07) is 0. The Morgan fingerprint density at radius 3 is 2.71 bits per heavy atom. The molecule has 1 aromatic heterocycles. The molecule has 0 bridgehead atoms. The molecule has 0 saturated heterocycles. The van der Waals surface area contributed by atoms with Gasteiger partial charge in [0, 0.05) is 12.7 Å². The lowest BCUT2D eigenvalue weighted by Gasteiger charge is -2.33. The van der Waals surface area contributed by atoms with Crippen LogP contribution in [0, 0.1) is 5.92 Å². The van der Waals surface area contributed by atoms with E-state index in [1.54, 1.807) is 0 Å². The van der Waals surface area contributed by atoms with Gasteiger partial charge in [0.25, 0.3) is 11.5 Å². The third-order valence-electron chi connectivity index (χ3n) is 3.00. The zero-order chi connectivity index (χ0) is 13.1. The molecule has 6 nitrogen and oxygen atoms in total. The number of nitrogens with two attached hydrogens (primary N) is 1. The van der Waals surface area contributed by atoms with E-state index in [1.807, 2.05) is 20.8 Å². The maximum Gasteiger partial charge on any atom is 0.271 e. The predicted octanol–water partition coefficient (Wildman–Crippen LogP) is -0.127. The van der Waals surface area contributed by atoms with E-state index >= 15 is 0 Å². The fourth-order valence-corrected chi connectivity index (χ4v) is 1.22. The minimum Gasteiger partial charge on any atom is -0.344 e. The number of H-pyrrole nitrogens is 1. The number of rotatable bonds is 4. The van der Waals surface area contributed by atoms with E-state index in [2.05, 4.69) is 15.3 Å². The number of hydrogen-bond donors (Lipinski definition) is 3. The van der Waals surface area contributed by atoms with Gasteiger partial charge in [-0.1, -0.05) is 13.8 Å². The summed E-state index contributed by atoms with van der Waals surface area (Å²) >= 11 is 0. The van der Waals surface area contributed by atoms with Crippen molar-refractivity contribution in [2.45, 2.75) is 26.3 Å². The molecule has 0 saturated carbocycles. The maximum absolute atomic E-state index is 11.9. The Hall–Kier alpha value is -1.69. The average Bonchev–Trinajstić information content (AvgIpc) is 2.29. The molecule has 1 atom stereocenters. The summed E-state index contributed by atoms with van der Waals surface area (Å²) in [4.78, 5) is 28.9. The van der Waals surface area contributed by atoms with Crippen LogP contribution >= 0.6 is 0 Å². The van der Waals surface area contributed by atoms with Crippen molar-refractivity contribution >= 4 is 5.91 Å². The zero-order valence-corrected chi connectivity index (χ0v) is 10.3. The molecule has 0 aliphatic carbocycles. The van der Waals surface area contributed by atoms with Crippen LogP contribution in [0.2, 0.25) is 0 Å². The normalized spacial score (nSPS) is 14.4. The van der Waals surface area contributed by atoms with E-state index in [0.717, 1.165) is 6.20 Å². The number of hydrogen-bond acceptors (Lipinski definition) is 4. The van der Waals surface area contributed by atoms with Gasteiger partial charge in [-0.15, -0.1) is 0 Å². The number of nitrogens with zero attached hydrogens (tertiary/aromatic N) is 1. The molecule has 1 rings (SSSR count). The van der Waals surface area contributed by atoms with Gasteiger partial charge in [0.15, 0.2) is 0 Å². The molecule has 1 heterocycles. The van der Waals surface area contributed by atoms with Gasteiger partial charge < -0.3 is 16.0 Å². The fourth-order valence-electron chi connectivity index (χ4n) is 1.22. The highest BCUT2D eigenvalue weighted by Crippen LogP contribution is 2.15. The van der Waals surface area contributed by atoms with Crippen molar-refractivity contribution in [2.75, 3.05) is 6.54 Å². The first kappa shape index (κ1) is 13.4. The van der Waals surface area contributed by atoms with Crippen molar-refractivity contribution in [3.8, 4) is 0 Å². The number of aromatic amines is 1. The van der Waals surface area contributed by atoms with Crippen molar-refractivity contribution in [1.29, 1.82) is 0 Å². The highest BCUT2D eigenvalue weighted by Gasteiger charge is 2.29. The topological polar surface area (TPSA) is 101 Å². The molecule has 1 unspecified atom stereocenters. The number of carbonyl (C=O) groups excluding carboxylic acids is 1. The summed E-state index contributed by atoms with van der Waals surface area (Å²) < 4.78 is 0. The van der Waals surface area contributed by atoms with Gasteiger partial charge in [0.1, 0.15) is 5.69 Å². The first-order valence-corrected chi connectivity index (χ1v) is 5.46. The summed E-state index contributed by atoms with van der Waals surface area (Å²) in [6.45, 7) is 6.17.